The molecule has 1 N–H and O–H groups in total. The molecule has 0 atom stereocenters. The van der Waals surface area contributed by atoms with Gasteiger partial charge in [-0.1, -0.05) is 59.7 Å². The minimum absolute atomic E-state index is 0.121. The fourth-order valence-corrected chi connectivity index (χ4v) is 5.27. The standard InChI is InChI=1S/C21H23BrN2O4S2/c1-2-3-10-23-15-9-8-13(22)12-14(15)17(19(23)27)18-20(28)24(21(29)30-18)11-6-4-5-7-16(25)26/h8-9,12H,2-7,10-11H2,1H3,(H,25,26)/b18-17-. The SMILES string of the molecule is CCCCN1C(=O)/C(=C2\SC(=S)N(CCCCCC(=O)O)C2=O)c2cc(Br)ccc21. The molecule has 2 aliphatic rings. The molecule has 3 rings (SSSR count). The van der Waals surface area contributed by atoms with Crippen LogP contribution < -0.4 is 4.90 Å². The Balaban J connectivity index is 1.84. The maximum atomic E-state index is 13.3. The minimum atomic E-state index is -0.817. The lowest BCUT2D eigenvalue weighted by Gasteiger charge is -2.16. The van der Waals surface area contributed by atoms with Gasteiger partial charge in [-0.25, -0.2) is 0 Å². The first-order valence-electron chi connectivity index (χ1n) is 9.96. The number of carboxylic acid groups (broad SMARTS) is 1. The Morgan fingerprint density at radius 1 is 1.10 bits per heavy atom. The Kier molecular flexibility index (Phi) is 7.70. The van der Waals surface area contributed by atoms with Crippen molar-refractivity contribution in [2.45, 2.75) is 45.4 Å². The molecule has 30 heavy (non-hydrogen) atoms. The second kappa shape index (κ2) is 10.1. The van der Waals surface area contributed by atoms with Crippen LogP contribution in [0.25, 0.3) is 5.57 Å². The summed E-state index contributed by atoms with van der Waals surface area (Å²) in [7, 11) is 0. The first kappa shape index (κ1) is 23.0. The van der Waals surface area contributed by atoms with Crippen LogP contribution in [0.1, 0.15) is 51.0 Å². The van der Waals surface area contributed by atoms with Crippen LogP contribution in [0.2, 0.25) is 0 Å². The van der Waals surface area contributed by atoms with Gasteiger partial charge in [0.15, 0.2) is 0 Å². The number of anilines is 1. The van der Waals surface area contributed by atoms with Gasteiger partial charge in [0.05, 0.1) is 16.2 Å². The summed E-state index contributed by atoms with van der Waals surface area (Å²) in [6.07, 6.45) is 3.91. The lowest BCUT2D eigenvalue weighted by atomic mass is 10.1. The van der Waals surface area contributed by atoms with Crippen LogP contribution in [0, 0.1) is 0 Å². The number of carboxylic acids is 1. The molecule has 0 unspecified atom stereocenters. The van der Waals surface area contributed by atoms with E-state index in [0.717, 1.165) is 28.6 Å². The number of thiocarbonyl (C=S) groups is 1. The maximum Gasteiger partial charge on any atom is 0.303 e. The van der Waals surface area contributed by atoms with E-state index in [0.29, 0.717) is 47.2 Å². The third-order valence-corrected chi connectivity index (χ3v) is 7.00. The highest BCUT2D eigenvalue weighted by Crippen LogP contribution is 2.45. The van der Waals surface area contributed by atoms with Crippen LogP contribution in [0.3, 0.4) is 0 Å². The van der Waals surface area contributed by atoms with Gasteiger partial charge in [-0.3, -0.25) is 19.3 Å². The highest BCUT2D eigenvalue weighted by molar-refractivity contribution is 9.10. The second-order valence-electron chi connectivity index (χ2n) is 7.21. The van der Waals surface area contributed by atoms with Gasteiger partial charge >= 0.3 is 5.97 Å². The average molecular weight is 511 g/mol. The van der Waals surface area contributed by atoms with Crippen molar-refractivity contribution >= 4 is 73.3 Å². The number of nitrogens with zero attached hydrogens (tertiary/aromatic N) is 2. The number of thioether (sulfide) groups is 1. The number of hydrogen-bond donors (Lipinski definition) is 1. The van der Waals surface area contributed by atoms with Crippen molar-refractivity contribution in [1.82, 2.24) is 4.90 Å². The van der Waals surface area contributed by atoms with Crippen molar-refractivity contribution in [2.75, 3.05) is 18.0 Å². The van der Waals surface area contributed by atoms with Gasteiger partial charge in [0.1, 0.15) is 4.32 Å². The van der Waals surface area contributed by atoms with Crippen LogP contribution in [-0.4, -0.2) is 45.2 Å². The first-order chi connectivity index (χ1) is 14.3. The molecule has 1 aromatic rings. The molecule has 1 fully saturated rings. The van der Waals surface area contributed by atoms with E-state index >= 15 is 0 Å². The van der Waals surface area contributed by atoms with E-state index in [2.05, 4.69) is 22.9 Å². The van der Waals surface area contributed by atoms with E-state index in [1.165, 1.54) is 16.7 Å². The number of hydrogen-bond acceptors (Lipinski definition) is 5. The molecular weight excluding hydrogens is 488 g/mol. The quantitative estimate of drug-likeness (QED) is 0.291. The van der Waals surface area contributed by atoms with Crippen LogP contribution in [0.5, 0.6) is 0 Å². The van der Waals surface area contributed by atoms with Gasteiger partial charge in [-0.2, -0.15) is 0 Å². The van der Waals surface area contributed by atoms with E-state index in [-0.39, 0.29) is 18.2 Å². The third kappa shape index (κ3) is 4.78. The molecular formula is C21H23BrN2O4S2. The molecule has 0 radical (unpaired) electrons. The monoisotopic (exact) mass is 510 g/mol. The van der Waals surface area contributed by atoms with Crippen molar-refractivity contribution in [3.05, 3.63) is 33.1 Å². The molecule has 0 aliphatic carbocycles. The van der Waals surface area contributed by atoms with E-state index in [9.17, 15) is 14.4 Å². The largest absolute Gasteiger partial charge is 0.481 e. The first-order valence-corrected chi connectivity index (χ1v) is 12.0. The van der Waals surface area contributed by atoms with Crippen molar-refractivity contribution in [2.24, 2.45) is 0 Å². The summed E-state index contributed by atoms with van der Waals surface area (Å²) in [4.78, 5) is 40.7. The second-order valence-corrected chi connectivity index (χ2v) is 9.76. The summed E-state index contributed by atoms with van der Waals surface area (Å²) >= 11 is 10.1. The number of carbonyl (C=O) groups excluding carboxylic acids is 2. The van der Waals surface area contributed by atoms with E-state index in [4.69, 9.17) is 17.3 Å². The lowest BCUT2D eigenvalue weighted by Crippen LogP contribution is -2.30. The number of benzene rings is 1. The fraction of sp³-hybridized carbons (Fsp3) is 0.429. The number of aliphatic carboxylic acids is 1. The molecule has 2 amide bonds. The topological polar surface area (TPSA) is 77.9 Å². The minimum Gasteiger partial charge on any atom is -0.481 e. The molecule has 0 bridgehead atoms. The smallest absolute Gasteiger partial charge is 0.303 e. The van der Waals surface area contributed by atoms with Gasteiger partial charge < -0.3 is 10.0 Å². The van der Waals surface area contributed by atoms with E-state index < -0.39 is 5.97 Å². The Labute approximate surface area is 193 Å². The molecule has 6 nitrogen and oxygen atoms in total. The van der Waals surface area contributed by atoms with Crippen LogP contribution >= 0.6 is 39.9 Å². The molecule has 2 heterocycles. The number of amides is 2. The van der Waals surface area contributed by atoms with Crippen molar-refractivity contribution < 1.29 is 19.5 Å². The summed E-state index contributed by atoms with van der Waals surface area (Å²) in [6, 6.07) is 5.69. The van der Waals surface area contributed by atoms with Crippen LogP contribution in [-0.2, 0) is 14.4 Å². The average Bonchev–Trinajstić information content (AvgIpc) is 3.12. The zero-order chi connectivity index (χ0) is 21.8. The Morgan fingerprint density at radius 2 is 1.83 bits per heavy atom. The fourth-order valence-electron chi connectivity index (χ4n) is 3.53. The molecule has 1 saturated heterocycles. The highest BCUT2D eigenvalue weighted by Gasteiger charge is 2.41. The van der Waals surface area contributed by atoms with E-state index in [1.807, 2.05) is 18.2 Å². The summed E-state index contributed by atoms with van der Waals surface area (Å²) < 4.78 is 1.29. The molecule has 0 aromatic heterocycles. The van der Waals surface area contributed by atoms with Gasteiger partial charge in [-0.05, 0) is 37.5 Å². The predicted octanol–water partition coefficient (Wildman–Crippen LogP) is 4.81. The summed E-state index contributed by atoms with van der Waals surface area (Å²) in [6.45, 7) is 3.11. The zero-order valence-electron chi connectivity index (χ0n) is 16.6. The molecule has 160 valence electrons. The van der Waals surface area contributed by atoms with Gasteiger partial charge in [0.25, 0.3) is 11.8 Å². The number of unbranched alkanes of at least 4 members (excludes halogenated alkanes) is 3. The number of carbonyl (C=O) groups is 3. The molecule has 2 aliphatic heterocycles. The lowest BCUT2D eigenvalue weighted by molar-refractivity contribution is -0.137. The number of halogens is 1. The van der Waals surface area contributed by atoms with Gasteiger partial charge in [0, 0.05) is 29.5 Å². The molecule has 0 spiro atoms. The highest BCUT2D eigenvalue weighted by atomic mass is 79.9. The molecule has 1 aromatic carbocycles. The summed E-state index contributed by atoms with van der Waals surface area (Å²) in [5.74, 6) is -1.21. The van der Waals surface area contributed by atoms with Crippen molar-refractivity contribution in [3.63, 3.8) is 0 Å². The summed E-state index contributed by atoms with van der Waals surface area (Å²) in [5.41, 5.74) is 2.01. The Bertz CT molecular complexity index is 932. The van der Waals surface area contributed by atoms with Crippen molar-refractivity contribution in [1.29, 1.82) is 0 Å². The number of fused-ring (bicyclic) bond motifs is 1. The van der Waals surface area contributed by atoms with E-state index in [1.54, 1.807) is 4.90 Å². The maximum absolute atomic E-state index is 13.3. The van der Waals surface area contributed by atoms with Crippen LogP contribution in [0.4, 0.5) is 5.69 Å². The van der Waals surface area contributed by atoms with Crippen molar-refractivity contribution in [3.8, 4) is 0 Å². The van der Waals surface area contributed by atoms with Gasteiger partial charge in [0.2, 0.25) is 0 Å². The predicted molar refractivity (Wildman–Crippen MR) is 126 cm³/mol. The number of rotatable bonds is 9. The van der Waals surface area contributed by atoms with Gasteiger partial charge in [-0.15, -0.1) is 0 Å². The normalized spacial score (nSPS) is 18.5. The van der Waals surface area contributed by atoms with Crippen LogP contribution in [0.15, 0.2) is 27.6 Å². The Hall–Kier alpha value is -1.71. The molecule has 0 saturated carbocycles. The summed E-state index contributed by atoms with van der Waals surface area (Å²) in [5, 5.41) is 8.73. The Morgan fingerprint density at radius 3 is 2.53 bits per heavy atom. The molecule has 9 heteroatoms. The zero-order valence-corrected chi connectivity index (χ0v) is 19.9. The third-order valence-electron chi connectivity index (χ3n) is 5.06.